The number of aliphatic hydroxyl groups is 1. The van der Waals surface area contributed by atoms with E-state index in [1.54, 1.807) is 0 Å². The van der Waals surface area contributed by atoms with E-state index in [4.69, 9.17) is 21.4 Å². The number of aliphatic hydroxyl groups excluding tert-OH is 1. The maximum absolute atomic E-state index is 14.0. The van der Waals surface area contributed by atoms with E-state index in [1.807, 2.05) is 0 Å². The maximum atomic E-state index is 14.0. The average Bonchev–Trinajstić information content (AvgIpc) is 2.97. The second-order valence-corrected chi connectivity index (χ2v) is 7.06. The van der Waals surface area contributed by atoms with E-state index in [0.29, 0.717) is 23.4 Å². The van der Waals surface area contributed by atoms with Gasteiger partial charge in [0.1, 0.15) is 0 Å². The highest BCUT2D eigenvalue weighted by Gasteiger charge is 2.20. The van der Waals surface area contributed by atoms with Crippen molar-refractivity contribution in [3.63, 3.8) is 0 Å². The van der Waals surface area contributed by atoms with E-state index in [9.17, 15) is 4.39 Å². The molecule has 2 heterocycles. The summed E-state index contributed by atoms with van der Waals surface area (Å²) in [6.45, 7) is 2.91. The Morgan fingerprint density at radius 3 is 2.85 bits per heavy atom. The van der Waals surface area contributed by atoms with Crippen LogP contribution in [0.3, 0.4) is 0 Å². The number of nitrogens with zero attached hydrogens (tertiary/aromatic N) is 4. The van der Waals surface area contributed by atoms with Crippen LogP contribution in [0.2, 0.25) is 5.15 Å². The second kappa shape index (κ2) is 8.64. The summed E-state index contributed by atoms with van der Waals surface area (Å²) in [4.78, 5) is 8.01. The number of aromatic nitrogens is 4. The molecule has 3 rings (SSSR count). The molecule has 7 nitrogen and oxygen atoms in total. The van der Waals surface area contributed by atoms with Crippen LogP contribution in [0, 0.1) is 17.7 Å². The summed E-state index contributed by atoms with van der Waals surface area (Å²) in [7, 11) is 0. The molecule has 0 saturated heterocycles. The summed E-state index contributed by atoms with van der Waals surface area (Å²) < 4.78 is 21.0. The van der Waals surface area contributed by atoms with Gasteiger partial charge in [-0.1, -0.05) is 31.4 Å². The SMILES string of the molecule is CC1CCC(COc2nc(Nc3cnn(CCO)c3Cl)ncc2F)CC1. The number of ether oxygens (including phenoxy) is 1. The molecule has 2 aromatic heterocycles. The third kappa shape index (κ3) is 4.62. The quantitative estimate of drug-likeness (QED) is 0.762. The fraction of sp³-hybridized carbons (Fsp3) is 0.588. The van der Waals surface area contributed by atoms with E-state index in [1.165, 1.54) is 23.7 Å². The first-order chi connectivity index (χ1) is 12.6. The van der Waals surface area contributed by atoms with Crippen molar-refractivity contribution in [3.8, 4) is 5.88 Å². The van der Waals surface area contributed by atoms with Crippen molar-refractivity contribution >= 4 is 23.2 Å². The van der Waals surface area contributed by atoms with Crippen molar-refractivity contribution in [2.75, 3.05) is 18.5 Å². The molecule has 0 aromatic carbocycles. The third-order valence-corrected chi connectivity index (χ3v) is 5.04. The molecule has 2 N–H and O–H groups in total. The van der Waals surface area contributed by atoms with Gasteiger partial charge in [0.05, 0.1) is 37.8 Å². The average molecular weight is 384 g/mol. The Labute approximate surface area is 156 Å². The smallest absolute Gasteiger partial charge is 0.255 e. The van der Waals surface area contributed by atoms with Gasteiger partial charge in [-0.2, -0.15) is 14.5 Å². The molecule has 0 atom stereocenters. The van der Waals surface area contributed by atoms with E-state index in [-0.39, 0.29) is 25.0 Å². The zero-order chi connectivity index (χ0) is 18.5. The molecule has 1 aliphatic carbocycles. The van der Waals surface area contributed by atoms with Crippen LogP contribution in [0.25, 0.3) is 0 Å². The largest absolute Gasteiger partial charge is 0.475 e. The summed E-state index contributed by atoms with van der Waals surface area (Å²) >= 11 is 6.16. The molecular formula is C17H23ClFN5O2. The van der Waals surface area contributed by atoms with Gasteiger partial charge < -0.3 is 15.2 Å². The summed E-state index contributed by atoms with van der Waals surface area (Å²) in [5.74, 6) is 0.698. The van der Waals surface area contributed by atoms with Gasteiger partial charge in [-0.05, 0) is 24.7 Å². The van der Waals surface area contributed by atoms with Crippen molar-refractivity contribution in [2.45, 2.75) is 39.2 Å². The van der Waals surface area contributed by atoms with Gasteiger partial charge in [0.15, 0.2) is 5.15 Å². The lowest BCUT2D eigenvalue weighted by Crippen LogP contribution is -2.19. The van der Waals surface area contributed by atoms with Crippen LogP contribution in [0.1, 0.15) is 32.6 Å². The van der Waals surface area contributed by atoms with Crippen molar-refractivity contribution < 1.29 is 14.2 Å². The lowest BCUT2D eigenvalue weighted by Gasteiger charge is -2.25. The summed E-state index contributed by atoms with van der Waals surface area (Å²) in [6, 6.07) is 0. The number of hydrogen-bond donors (Lipinski definition) is 2. The summed E-state index contributed by atoms with van der Waals surface area (Å²) in [6.07, 6.45) is 7.12. The second-order valence-electron chi connectivity index (χ2n) is 6.70. The topological polar surface area (TPSA) is 85.1 Å². The van der Waals surface area contributed by atoms with Crippen LogP contribution in [0.5, 0.6) is 5.88 Å². The molecule has 9 heteroatoms. The first-order valence-electron chi connectivity index (χ1n) is 8.81. The van der Waals surface area contributed by atoms with E-state index >= 15 is 0 Å². The summed E-state index contributed by atoms with van der Waals surface area (Å²) in [5.41, 5.74) is 0.471. The van der Waals surface area contributed by atoms with Crippen molar-refractivity contribution in [1.29, 1.82) is 0 Å². The van der Waals surface area contributed by atoms with Crippen molar-refractivity contribution in [1.82, 2.24) is 19.7 Å². The standard InChI is InChI=1S/C17H23ClFN5O2/c1-11-2-4-12(5-3-11)10-26-16-13(19)8-20-17(23-16)22-14-9-21-24(6-7-25)15(14)18/h8-9,11-12,25H,2-7,10H2,1H3,(H,20,22,23). The lowest BCUT2D eigenvalue weighted by atomic mass is 9.83. The van der Waals surface area contributed by atoms with Gasteiger partial charge >= 0.3 is 0 Å². The maximum Gasteiger partial charge on any atom is 0.255 e. The molecule has 0 bridgehead atoms. The molecule has 0 amide bonds. The molecule has 26 heavy (non-hydrogen) atoms. The first-order valence-corrected chi connectivity index (χ1v) is 9.19. The number of anilines is 2. The van der Waals surface area contributed by atoms with E-state index < -0.39 is 5.82 Å². The minimum atomic E-state index is -0.596. The Morgan fingerprint density at radius 2 is 2.12 bits per heavy atom. The molecule has 0 aliphatic heterocycles. The van der Waals surface area contributed by atoms with Crippen LogP contribution >= 0.6 is 11.6 Å². The van der Waals surface area contributed by atoms with E-state index in [0.717, 1.165) is 25.0 Å². The van der Waals surface area contributed by atoms with Crippen LogP contribution in [0.15, 0.2) is 12.4 Å². The first kappa shape index (κ1) is 18.8. The van der Waals surface area contributed by atoms with Crippen LogP contribution in [0.4, 0.5) is 16.0 Å². The fourth-order valence-electron chi connectivity index (χ4n) is 3.03. The highest BCUT2D eigenvalue weighted by atomic mass is 35.5. The minimum Gasteiger partial charge on any atom is -0.475 e. The number of nitrogens with one attached hydrogen (secondary N) is 1. The van der Waals surface area contributed by atoms with Gasteiger partial charge in [-0.3, -0.25) is 0 Å². The Bertz CT molecular complexity index is 734. The molecule has 1 saturated carbocycles. The molecule has 0 spiro atoms. The molecular weight excluding hydrogens is 361 g/mol. The van der Waals surface area contributed by atoms with Gasteiger partial charge in [0, 0.05) is 0 Å². The van der Waals surface area contributed by atoms with Gasteiger partial charge in [-0.15, -0.1) is 0 Å². The van der Waals surface area contributed by atoms with Crippen molar-refractivity contribution in [3.05, 3.63) is 23.4 Å². The monoisotopic (exact) mass is 383 g/mol. The third-order valence-electron chi connectivity index (χ3n) is 4.64. The Hall–Kier alpha value is -1.93. The molecule has 2 aromatic rings. The predicted molar refractivity (Wildman–Crippen MR) is 96.2 cm³/mol. The Morgan fingerprint density at radius 1 is 1.35 bits per heavy atom. The normalized spacial score (nSPS) is 20.2. The Kier molecular flexibility index (Phi) is 6.26. The highest BCUT2D eigenvalue weighted by molar-refractivity contribution is 6.32. The van der Waals surface area contributed by atoms with E-state index in [2.05, 4.69) is 27.3 Å². The fourth-order valence-corrected chi connectivity index (χ4v) is 3.26. The molecule has 0 unspecified atom stereocenters. The number of hydrogen-bond acceptors (Lipinski definition) is 6. The van der Waals surface area contributed by atoms with Crippen molar-refractivity contribution in [2.24, 2.45) is 11.8 Å². The molecule has 0 radical (unpaired) electrons. The van der Waals surface area contributed by atoms with Crippen LogP contribution in [-0.2, 0) is 6.54 Å². The zero-order valence-electron chi connectivity index (χ0n) is 14.7. The van der Waals surface area contributed by atoms with Crippen LogP contribution < -0.4 is 10.1 Å². The van der Waals surface area contributed by atoms with Gasteiger partial charge in [0.25, 0.3) is 5.88 Å². The number of halogens is 2. The molecule has 1 aliphatic rings. The predicted octanol–water partition coefficient (Wildman–Crippen LogP) is 3.41. The van der Waals surface area contributed by atoms with Crippen LogP contribution in [-0.4, -0.2) is 38.1 Å². The zero-order valence-corrected chi connectivity index (χ0v) is 15.4. The summed E-state index contributed by atoms with van der Waals surface area (Å²) in [5, 5.41) is 16.2. The van der Waals surface area contributed by atoms with Gasteiger partial charge in [-0.25, -0.2) is 9.67 Å². The molecule has 142 valence electrons. The van der Waals surface area contributed by atoms with Gasteiger partial charge in [0.2, 0.25) is 11.8 Å². The highest BCUT2D eigenvalue weighted by Crippen LogP contribution is 2.29. The molecule has 1 fully saturated rings. The lowest BCUT2D eigenvalue weighted by molar-refractivity contribution is 0.178. The minimum absolute atomic E-state index is 0.0694. The Balaban J connectivity index is 1.64. The number of rotatable bonds is 7.